The van der Waals surface area contributed by atoms with Gasteiger partial charge in [-0.25, -0.2) is 4.98 Å². The number of anilines is 2. The summed E-state index contributed by atoms with van der Waals surface area (Å²) in [5, 5.41) is 22.9. The fourth-order valence-corrected chi connectivity index (χ4v) is 1.31. The highest BCUT2D eigenvalue weighted by Gasteiger charge is 2.10. The van der Waals surface area contributed by atoms with E-state index >= 15 is 0 Å². The van der Waals surface area contributed by atoms with Crippen molar-refractivity contribution < 1.29 is 10.0 Å². The lowest BCUT2D eigenvalue weighted by Gasteiger charge is -2.06. The average Bonchev–Trinajstić information content (AvgIpc) is 2.33. The highest BCUT2D eigenvalue weighted by Crippen LogP contribution is 2.29. The summed E-state index contributed by atoms with van der Waals surface area (Å²) in [5.74, 6) is 0.363. The van der Waals surface area contributed by atoms with Gasteiger partial charge in [-0.1, -0.05) is 6.07 Å². The lowest BCUT2D eigenvalue weighted by Crippen LogP contribution is -1.94. The zero-order valence-corrected chi connectivity index (χ0v) is 8.70. The fraction of sp³-hybridized carbons (Fsp3) is 0. The monoisotopic (exact) mass is 231 g/mol. The van der Waals surface area contributed by atoms with Crippen molar-refractivity contribution in [2.24, 2.45) is 0 Å². The van der Waals surface area contributed by atoms with Gasteiger partial charge >= 0.3 is 0 Å². The van der Waals surface area contributed by atoms with Crippen molar-refractivity contribution in [1.82, 2.24) is 4.98 Å². The summed E-state index contributed by atoms with van der Waals surface area (Å²) in [7, 11) is 0. The number of nitro groups is 1. The predicted octanol–water partition coefficient (Wildman–Crippen LogP) is 2.44. The summed E-state index contributed by atoms with van der Waals surface area (Å²) in [5.41, 5.74) is 0.211. The number of nitrogens with one attached hydrogen (secondary N) is 1. The summed E-state index contributed by atoms with van der Waals surface area (Å²) in [6.07, 6.45) is 1.60. The number of rotatable bonds is 3. The maximum absolute atomic E-state index is 10.5. The molecule has 1 aromatic carbocycles. The quantitative estimate of drug-likeness (QED) is 0.481. The van der Waals surface area contributed by atoms with Gasteiger partial charge in [0, 0.05) is 12.3 Å². The van der Waals surface area contributed by atoms with Gasteiger partial charge in [-0.3, -0.25) is 10.1 Å². The van der Waals surface area contributed by atoms with E-state index in [-0.39, 0.29) is 11.4 Å². The van der Waals surface area contributed by atoms with Crippen molar-refractivity contribution in [2.45, 2.75) is 0 Å². The van der Waals surface area contributed by atoms with E-state index < -0.39 is 4.92 Å². The Morgan fingerprint density at radius 3 is 2.71 bits per heavy atom. The second-order valence-electron chi connectivity index (χ2n) is 3.30. The van der Waals surface area contributed by atoms with Crippen molar-refractivity contribution in [1.29, 1.82) is 0 Å². The van der Waals surface area contributed by atoms with Gasteiger partial charge < -0.3 is 10.4 Å². The molecular formula is C11H9N3O3. The largest absolute Gasteiger partial charge is 0.506 e. The third-order valence-corrected chi connectivity index (χ3v) is 2.12. The first-order valence-electron chi connectivity index (χ1n) is 4.82. The van der Waals surface area contributed by atoms with Crippen molar-refractivity contribution in [3.8, 4) is 5.75 Å². The van der Waals surface area contributed by atoms with E-state index in [4.69, 9.17) is 0 Å². The molecule has 0 fully saturated rings. The van der Waals surface area contributed by atoms with Gasteiger partial charge in [-0.2, -0.15) is 0 Å². The topological polar surface area (TPSA) is 88.3 Å². The number of phenols is 1. The summed E-state index contributed by atoms with van der Waals surface area (Å²) in [4.78, 5) is 13.9. The Morgan fingerprint density at radius 1 is 1.29 bits per heavy atom. The number of non-ortho nitro benzene ring substituents is 1. The van der Waals surface area contributed by atoms with E-state index in [1.54, 1.807) is 24.4 Å². The molecule has 0 atom stereocenters. The van der Waals surface area contributed by atoms with Crippen LogP contribution < -0.4 is 5.32 Å². The number of pyridine rings is 1. The predicted molar refractivity (Wildman–Crippen MR) is 62.3 cm³/mol. The van der Waals surface area contributed by atoms with Crippen LogP contribution in [0.1, 0.15) is 0 Å². The van der Waals surface area contributed by atoms with Gasteiger partial charge in [0.1, 0.15) is 11.6 Å². The minimum Gasteiger partial charge on any atom is -0.506 e. The van der Waals surface area contributed by atoms with Crippen LogP contribution >= 0.6 is 0 Å². The van der Waals surface area contributed by atoms with Gasteiger partial charge in [0.05, 0.1) is 16.7 Å². The van der Waals surface area contributed by atoms with Crippen LogP contribution in [0.25, 0.3) is 0 Å². The van der Waals surface area contributed by atoms with Gasteiger partial charge in [0.15, 0.2) is 0 Å². The molecule has 0 aliphatic rings. The molecule has 2 N–H and O–H groups in total. The molecule has 0 aliphatic heterocycles. The van der Waals surface area contributed by atoms with Crippen LogP contribution in [0.3, 0.4) is 0 Å². The lowest BCUT2D eigenvalue weighted by molar-refractivity contribution is -0.384. The highest BCUT2D eigenvalue weighted by atomic mass is 16.6. The van der Waals surface area contributed by atoms with E-state index in [0.717, 1.165) is 6.07 Å². The van der Waals surface area contributed by atoms with E-state index in [1.165, 1.54) is 12.1 Å². The Balaban J connectivity index is 2.26. The normalized spacial score (nSPS) is 9.88. The van der Waals surface area contributed by atoms with Gasteiger partial charge in [-0.05, 0) is 18.2 Å². The van der Waals surface area contributed by atoms with Crippen LogP contribution in [-0.2, 0) is 0 Å². The van der Waals surface area contributed by atoms with Crippen LogP contribution in [0.5, 0.6) is 5.75 Å². The Morgan fingerprint density at radius 2 is 2.12 bits per heavy atom. The number of aromatic hydroxyl groups is 1. The van der Waals surface area contributed by atoms with Crippen molar-refractivity contribution >= 4 is 17.2 Å². The van der Waals surface area contributed by atoms with Crippen LogP contribution in [0.4, 0.5) is 17.2 Å². The molecule has 0 saturated heterocycles. The number of hydrogen-bond donors (Lipinski definition) is 2. The first-order chi connectivity index (χ1) is 8.16. The molecule has 2 aromatic rings. The molecule has 1 aromatic heterocycles. The van der Waals surface area contributed by atoms with Gasteiger partial charge in [-0.15, -0.1) is 0 Å². The van der Waals surface area contributed by atoms with Gasteiger partial charge in [0.25, 0.3) is 5.69 Å². The van der Waals surface area contributed by atoms with Crippen LogP contribution in [0.15, 0.2) is 42.6 Å². The van der Waals surface area contributed by atoms with Crippen molar-refractivity contribution in [3.63, 3.8) is 0 Å². The maximum atomic E-state index is 10.5. The summed E-state index contributed by atoms with van der Waals surface area (Å²) in [6, 6.07) is 9.11. The molecule has 1 heterocycles. The summed E-state index contributed by atoms with van der Waals surface area (Å²) < 4.78 is 0. The minimum absolute atomic E-state index is 0.158. The molecule has 6 nitrogen and oxygen atoms in total. The Bertz CT molecular complexity index is 543. The third-order valence-electron chi connectivity index (χ3n) is 2.12. The van der Waals surface area contributed by atoms with E-state index in [0.29, 0.717) is 11.5 Å². The highest BCUT2D eigenvalue weighted by molar-refractivity contribution is 5.65. The molecule has 6 heteroatoms. The number of phenolic OH excluding ortho intramolecular Hbond substituents is 1. The molecule has 0 aliphatic carbocycles. The molecule has 0 unspecified atom stereocenters. The number of hydrogen-bond acceptors (Lipinski definition) is 5. The molecule has 0 amide bonds. The fourth-order valence-electron chi connectivity index (χ4n) is 1.31. The summed E-state index contributed by atoms with van der Waals surface area (Å²) >= 11 is 0. The summed E-state index contributed by atoms with van der Waals surface area (Å²) in [6.45, 7) is 0. The average molecular weight is 231 g/mol. The number of nitrogens with zero attached hydrogens (tertiary/aromatic N) is 2. The first kappa shape index (κ1) is 10.9. The second kappa shape index (κ2) is 4.48. The van der Waals surface area contributed by atoms with Crippen molar-refractivity contribution in [2.75, 3.05) is 5.32 Å². The van der Waals surface area contributed by atoms with Crippen molar-refractivity contribution in [3.05, 3.63) is 52.7 Å². The minimum atomic E-state index is -0.565. The van der Waals surface area contributed by atoms with Crippen LogP contribution in [-0.4, -0.2) is 15.0 Å². The first-order valence-corrected chi connectivity index (χ1v) is 4.82. The Labute approximate surface area is 96.7 Å². The van der Waals surface area contributed by atoms with Crippen LogP contribution in [0, 0.1) is 10.1 Å². The SMILES string of the molecule is O=[N+]([O-])c1ccc(Nc2ccccn2)c(O)c1. The molecule has 0 bridgehead atoms. The standard InChI is InChI=1S/C11H9N3O3/c15-10-7-8(14(16)17)4-5-9(10)13-11-3-1-2-6-12-11/h1-7,15H,(H,12,13). The number of benzene rings is 1. The molecule has 86 valence electrons. The molecular weight excluding hydrogens is 222 g/mol. The number of nitro benzene ring substituents is 1. The Kier molecular flexibility index (Phi) is 2.87. The van der Waals surface area contributed by atoms with Gasteiger partial charge in [0.2, 0.25) is 0 Å². The zero-order valence-electron chi connectivity index (χ0n) is 8.70. The third kappa shape index (κ3) is 2.49. The van der Waals surface area contributed by atoms with Crippen LogP contribution in [0.2, 0.25) is 0 Å². The Hall–Kier alpha value is -2.63. The molecule has 0 spiro atoms. The molecule has 2 rings (SSSR count). The molecule has 17 heavy (non-hydrogen) atoms. The second-order valence-corrected chi connectivity index (χ2v) is 3.30. The molecule has 0 radical (unpaired) electrons. The zero-order chi connectivity index (χ0) is 12.3. The van der Waals surface area contributed by atoms with E-state index in [1.807, 2.05) is 0 Å². The van der Waals surface area contributed by atoms with E-state index in [2.05, 4.69) is 10.3 Å². The lowest BCUT2D eigenvalue weighted by atomic mass is 10.2. The molecule has 0 saturated carbocycles. The maximum Gasteiger partial charge on any atom is 0.273 e. The van der Waals surface area contributed by atoms with E-state index in [9.17, 15) is 15.2 Å². The smallest absolute Gasteiger partial charge is 0.273 e. The number of aromatic nitrogens is 1.